The Bertz CT molecular complexity index is 2630. The first-order valence-electron chi connectivity index (χ1n) is 15.1. The Hall–Kier alpha value is -4.16. The molecule has 3 aromatic heterocycles. The molecule has 0 spiro atoms. The van der Waals surface area contributed by atoms with Crippen LogP contribution in [-0.4, -0.2) is 22.7 Å². The fraction of sp³-hybridized carbons (Fsp3) is 0.158. The lowest BCUT2D eigenvalue weighted by Gasteiger charge is -2.32. The summed E-state index contributed by atoms with van der Waals surface area (Å²) in [4.78, 5) is 0. The van der Waals surface area contributed by atoms with E-state index in [-0.39, 0.29) is 0 Å². The third-order valence-corrected chi connectivity index (χ3v) is 11.6. The molecule has 6 aromatic carbocycles. The second-order valence-corrected chi connectivity index (χ2v) is 14.2. The Kier molecular flexibility index (Phi) is 4.44. The molecule has 9 aromatic rings. The van der Waals surface area contributed by atoms with Crippen molar-refractivity contribution in [2.45, 2.75) is 38.9 Å². The highest BCUT2D eigenvalue weighted by molar-refractivity contribution is 7.27. The number of para-hydroxylation sites is 1. The molecule has 43 heavy (non-hydrogen) atoms. The maximum Gasteiger partial charge on any atom is 0.496 e. The van der Waals surface area contributed by atoms with E-state index in [4.69, 9.17) is 9.31 Å². The first-order chi connectivity index (χ1) is 20.8. The van der Waals surface area contributed by atoms with Gasteiger partial charge in [0.15, 0.2) is 0 Å². The van der Waals surface area contributed by atoms with E-state index in [2.05, 4.69) is 129 Å². The molecule has 1 aliphatic rings. The molecular weight excluding hydrogens is 545 g/mol. The van der Waals surface area contributed by atoms with Crippen LogP contribution in [0.2, 0.25) is 0 Å². The van der Waals surface area contributed by atoms with Crippen LogP contribution in [0.25, 0.3) is 79.8 Å². The number of fused-ring (bicyclic) bond motifs is 10. The Balaban J connectivity index is 1.50. The van der Waals surface area contributed by atoms with E-state index in [1.54, 1.807) is 0 Å². The predicted octanol–water partition coefficient (Wildman–Crippen LogP) is 9.81. The summed E-state index contributed by atoms with van der Waals surface area (Å²) in [6, 6.07) is 36.0. The molecule has 0 unspecified atom stereocenters. The van der Waals surface area contributed by atoms with Crippen molar-refractivity contribution in [2.24, 2.45) is 0 Å². The zero-order chi connectivity index (χ0) is 28.8. The van der Waals surface area contributed by atoms with Crippen molar-refractivity contribution in [1.82, 2.24) is 4.40 Å². The lowest BCUT2D eigenvalue weighted by atomic mass is 9.78. The Labute approximate surface area is 252 Å². The Morgan fingerprint density at radius 3 is 1.86 bits per heavy atom. The molecule has 0 N–H and O–H groups in total. The molecule has 1 aliphatic heterocycles. The van der Waals surface area contributed by atoms with Gasteiger partial charge in [0, 0.05) is 47.2 Å². The van der Waals surface area contributed by atoms with E-state index >= 15 is 0 Å². The molecule has 0 bridgehead atoms. The van der Waals surface area contributed by atoms with Gasteiger partial charge in [0.25, 0.3) is 0 Å². The molecule has 5 heteroatoms. The van der Waals surface area contributed by atoms with E-state index in [0.717, 1.165) is 5.46 Å². The van der Waals surface area contributed by atoms with E-state index in [1.165, 1.54) is 79.8 Å². The lowest BCUT2D eigenvalue weighted by Crippen LogP contribution is -2.41. The van der Waals surface area contributed by atoms with Gasteiger partial charge in [-0.2, -0.15) is 0 Å². The second kappa shape index (κ2) is 7.86. The van der Waals surface area contributed by atoms with Gasteiger partial charge in [0.1, 0.15) is 0 Å². The average Bonchev–Trinajstić information content (AvgIpc) is 3.60. The molecule has 4 heterocycles. The quantitative estimate of drug-likeness (QED) is 0.144. The molecule has 10 rings (SSSR count). The molecule has 0 amide bonds. The highest BCUT2D eigenvalue weighted by Crippen LogP contribution is 2.48. The molecule has 3 nitrogen and oxygen atoms in total. The van der Waals surface area contributed by atoms with Crippen LogP contribution < -0.4 is 5.46 Å². The van der Waals surface area contributed by atoms with Gasteiger partial charge in [0.05, 0.1) is 27.8 Å². The van der Waals surface area contributed by atoms with Crippen molar-refractivity contribution < 1.29 is 9.31 Å². The van der Waals surface area contributed by atoms with E-state index < -0.39 is 18.3 Å². The molecule has 0 radical (unpaired) electrons. The third kappa shape index (κ3) is 2.88. The smallest absolute Gasteiger partial charge is 0.399 e. The minimum atomic E-state index is -0.424. The SMILES string of the molecule is CC1(C)OB(c2ccc3c4c2sc2cccc(c5cccc6c7c8ccccc8c8ccccc8c7n3c56)c24)OC1(C)C. The monoisotopic (exact) mass is 573 g/mol. The van der Waals surface area contributed by atoms with Crippen molar-refractivity contribution in [2.75, 3.05) is 0 Å². The average molecular weight is 574 g/mol. The maximum atomic E-state index is 6.63. The van der Waals surface area contributed by atoms with Crippen LogP contribution in [0.3, 0.4) is 0 Å². The minimum Gasteiger partial charge on any atom is -0.399 e. The Morgan fingerprint density at radius 1 is 0.535 bits per heavy atom. The van der Waals surface area contributed by atoms with Crippen molar-refractivity contribution >= 4 is 104 Å². The van der Waals surface area contributed by atoms with Gasteiger partial charge in [-0.15, -0.1) is 11.3 Å². The third-order valence-electron chi connectivity index (χ3n) is 10.4. The summed E-state index contributed by atoms with van der Waals surface area (Å²) in [5, 5.41) is 13.0. The van der Waals surface area contributed by atoms with E-state index in [1.807, 2.05) is 11.3 Å². The number of benzene rings is 6. The fourth-order valence-corrected chi connectivity index (χ4v) is 8.95. The summed E-state index contributed by atoms with van der Waals surface area (Å²) in [5.74, 6) is 0. The van der Waals surface area contributed by atoms with E-state index in [0.29, 0.717) is 0 Å². The van der Waals surface area contributed by atoms with Crippen LogP contribution in [0.15, 0.2) is 97.1 Å². The number of thiophene rings is 1. The molecule has 0 atom stereocenters. The van der Waals surface area contributed by atoms with Gasteiger partial charge in [-0.25, -0.2) is 0 Å². The Morgan fingerprint density at radius 2 is 1.09 bits per heavy atom. The summed E-state index contributed by atoms with van der Waals surface area (Å²) in [6.45, 7) is 8.52. The van der Waals surface area contributed by atoms with Crippen LogP contribution in [0.4, 0.5) is 0 Å². The standard InChI is InChI=1S/C38H28BNO2S/c1-37(2)38(3,4)42-39(41-37)28-19-20-29-33-32-24(15-10-18-30(32)43-36(28)33)26-16-9-17-27-31-23-13-7-5-11-21(23)22-12-6-8-14-25(22)35(31)40(29)34(26)27/h5-20H,1-4H3. The molecule has 1 saturated heterocycles. The molecule has 1 fully saturated rings. The molecule has 0 aliphatic carbocycles. The normalized spacial score (nSPS) is 17.0. The highest BCUT2D eigenvalue weighted by atomic mass is 32.1. The maximum absolute atomic E-state index is 6.63. The summed E-state index contributed by atoms with van der Waals surface area (Å²) in [6.07, 6.45) is 0. The van der Waals surface area contributed by atoms with Crippen molar-refractivity contribution in [3.8, 4) is 0 Å². The summed E-state index contributed by atoms with van der Waals surface area (Å²) < 4.78 is 18.4. The second-order valence-electron chi connectivity index (χ2n) is 13.1. The number of nitrogens with zero attached hydrogens (tertiary/aromatic N) is 1. The van der Waals surface area contributed by atoms with Gasteiger partial charge in [-0.3, -0.25) is 0 Å². The fourth-order valence-electron chi connectivity index (χ4n) is 7.67. The summed E-state index contributed by atoms with van der Waals surface area (Å²) in [7, 11) is -0.424. The number of aromatic nitrogens is 1. The first kappa shape index (κ1) is 24.3. The van der Waals surface area contributed by atoms with Crippen molar-refractivity contribution in [3.63, 3.8) is 0 Å². The van der Waals surface area contributed by atoms with Gasteiger partial charge in [-0.1, -0.05) is 84.9 Å². The lowest BCUT2D eigenvalue weighted by molar-refractivity contribution is 0.00578. The summed E-state index contributed by atoms with van der Waals surface area (Å²) in [5.41, 5.74) is 4.07. The largest absolute Gasteiger partial charge is 0.496 e. The van der Waals surface area contributed by atoms with Crippen LogP contribution >= 0.6 is 11.3 Å². The van der Waals surface area contributed by atoms with Crippen LogP contribution in [0.1, 0.15) is 27.7 Å². The van der Waals surface area contributed by atoms with Gasteiger partial charge in [0.2, 0.25) is 0 Å². The predicted molar refractivity (Wildman–Crippen MR) is 185 cm³/mol. The number of rotatable bonds is 1. The van der Waals surface area contributed by atoms with E-state index in [9.17, 15) is 0 Å². The molecular formula is C38H28BNO2S. The zero-order valence-corrected chi connectivity index (χ0v) is 25.3. The number of hydrogen-bond acceptors (Lipinski definition) is 3. The molecule has 0 saturated carbocycles. The van der Waals surface area contributed by atoms with Gasteiger partial charge < -0.3 is 13.7 Å². The van der Waals surface area contributed by atoms with Gasteiger partial charge >= 0.3 is 7.12 Å². The van der Waals surface area contributed by atoms with Crippen molar-refractivity contribution in [3.05, 3.63) is 97.1 Å². The van der Waals surface area contributed by atoms with Gasteiger partial charge in [-0.05, 0) is 61.4 Å². The number of hydrogen-bond donors (Lipinski definition) is 0. The summed E-state index contributed by atoms with van der Waals surface area (Å²) >= 11 is 1.86. The van der Waals surface area contributed by atoms with Crippen LogP contribution in [-0.2, 0) is 9.31 Å². The minimum absolute atomic E-state index is 0.405. The van der Waals surface area contributed by atoms with Crippen LogP contribution in [0, 0.1) is 0 Å². The first-order valence-corrected chi connectivity index (χ1v) is 15.9. The topological polar surface area (TPSA) is 22.9 Å². The zero-order valence-electron chi connectivity index (χ0n) is 24.5. The van der Waals surface area contributed by atoms with Crippen molar-refractivity contribution in [1.29, 1.82) is 0 Å². The molecule has 206 valence electrons. The van der Waals surface area contributed by atoms with Crippen LogP contribution in [0.5, 0.6) is 0 Å². The highest BCUT2D eigenvalue weighted by Gasteiger charge is 2.52.